The predicted molar refractivity (Wildman–Crippen MR) is 63.0 cm³/mol. The van der Waals surface area contributed by atoms with Gasteiger partial charge in [0.25, 0.3) is 0 Å². The van der Waals surface area contributed by atoms with Crippen LogP contribution in [-0.4, -0.2) is 17.8 Å². The molecule has 0 radical (unpaired) electrons. The molecular weight excluding hydrogens is 219 g/mol. The fourth-order valence-electron chi connectivity index (χ4n) is 2.40. The van der Waals surface area contributed by atoms with Crippen molar-refractivity contribution in [3.63, 3.8) is 0 Å². The summed E-state index contributed by atoms with van der Waals surface area (Å²) in [5, 5.41) is 21.2. The Morgan fingerprint density at radius 1 is 1.41 bits per heavy atom. The fourth-order valence-corrected chi connectivity index (χ4v) is 2.40. The van der Waals surface area contributed by atoms with Crippen molar-refractivity contribution in [2.75, 3.05) is 11.9 Å². The molecule has 1 aliphatic rings. The second kappa shape index (κ2) is 5.15. The van der Waals surface area contributed by atoms with Gasteiger partial charge in [-0.05, 0) is 31.0 Å². The van der Waals surface area contributed by atoms with Crippen molar-refractivity contribution in [2.45, 2.75) is 25.3 Å². The Bertz CT molecular complexity index is 442. The minimum absolute atomic E-state index is 0.151. The van der Waals surface area contributed by atoms with Gasteiger partial charge in [-0.15, -0.1) is 0 Å². The minimum atomic E-state index is -0.412. The van der Waals surface area contributed by atoms with Gasteiger partial charge in [-0.25, -0.2) is 4.39 Å². The number of nitrogens with zero attached hydrogens (tertiary/aromatic N) is 1. The van der Waals surface area contributed by atoms with Gasteiger partial charge in [0, 0.05) is 24.3 Å². The lowest BCUT2D eigenvalue weighted by Crippen LogP contribution is -2.26. The lowest BCUT2D eigenvalue weighted by molar-refractivity contribution is 0.222. The second-order valence-electron chi connectivity index (χ2n) is 4.46. The summed E-state index contributed by atoms with van der Waals surface area (Å²) in [5.74, 6) is -0.186. The number of anilines is 1. The average Bonchev–Trinajstić information content (AvgIpc) is 2.75. The molecule has 1 aromatic rings. The number of benzene rings is 1. The third-order valence-corrected chi connectivity index (χ3v) is 3.27. The summed E-state index contributed by atoms with van der Waals surface area (Å²) in [7, 11) is 0. The Labute approximate surface area is 99.9 Å². The molecule has 4 heteroatoms. The van der Waals surface area contributed by atoms with Gasteiger partial charge in [-0.1, -0.05) is 6.42 Å². The zero-order valence-electron chi connectivity index (χ0n) is 9.49. The number of halogens is 1. The van der Waals surface area contributed by atoms with Crippen molar-refractivity contribution >= 4 is 5.69 Å². The Hall–Kier alpha value is -1.60. The molecule has 0 saturated heterocycles. The van der Waals surface area contributed by atoms with E-state index in [2.05, 4.69) is 5.32 Å². The van der Waals surface area contributed by atoms with E-state index in [1.165, 1.54) is 12.1 Å². The van der Waals surface area contributed by atoms with Crippen LogP contribution in [0.2, 0.25) is 0 Å². The van der Waals surface area contributed by atoms with Crippen LogP contribution in [0, 0.1) is 23.1 Å². The van der Waals surface area contributed by atoms with Crippen LogP contribution in [0.25, 0.3) is 0 Å². The first-order valence-electron chi connectivity index (χ1n) is 5.81. The van der Waals surface area contributed by atoms with Crippen molar-refractivity contribution in [3.05, 3.63) is 29.6 Å². The summed E-state index contributed by atoms with van der Waals surface area (Å²) in [6.45, 7) is 0.151. The predicted octanol–water partition coefficient (Wildman–Crippen LogP) is 2.27. The van der Waals surface area contributed by atoms with E-state index in [-0.39, 0.29) is 18.6 Å². The van der Waals surface area contributed by atoms with E-state index in [0.29, 0.717) is 11.3 Å². The summed E-state index contributed by atoms with van der Waals surface area (Å²) in [6.07, 6.45) is 3.04. The fraction of sp³-hybridized carbons (Fsp3) is 0.462. The highest BCUT2D eigenvalue weighted by Gasteiger charge is 2.26. The molecule has 0 spiro atoms. The summed E-state index contributed by atoms with van der Waals surface area (Å²) in [6, 6.07) is 6.33. The lowest BCUT2D eigenvalue weighted by Gasteiger charge is -2.20. The summed E-state index contributed by atoms with van der Waals surface area (Å²) in [4.78, 5) is 0. The summed E-state index contributed by atoms with van der Waals surface area (Å²) < 4.78 is 13.2. The number of hydrogen-bond acceptors (Lipinski definition) is 3. The highest BCUT2D eigenvalue weighted by Crippen LogP contribution is 2.28. The number of aliphatic hydroxyl groups excluding tert-OH is 1. The van der Waals surface area contributed by atoms with Gasteiger partial charge in [-0.2, -0.15) is 5.26 Å². The van der Waals surface area contributed by atoms with Gasteiger partial charge in [0.2, 0.25) is 0 Å². The van der Waals surface area contributed by atoms with Crippen molar-refractivity contribution in [3.8, 4) is 6.07 Å². The molecule has 1 fully saturated rings. The molecule has 3 nitrogen and oxygen atoms in total. The highest BCUT2D eigenvalue weighted by atomic mass is 19.1. The first-order valence-corrected chi connectivity index (χ1v) is 5.81. The first-order chi connectivity index (χ1) is 8.22. The van der Waals surface area contributed by atoms with Crippen LogP contribution in [0.15, 0.2) is 18.2 Å². The maximum atomic E-state index is 13.2. The number of rotatable bonds is 3. The van der Waals surface area contributed by atoms with Crippen LogP contribution in [0.3, 0.4) is 0 Å². The number of nitriles is 1. The topological polar surface area (TPSA) is 56.0 Å². The maximum Gasteiger partial charge on any atom is 0.126 e. The molecule has 1 saturated carbocycles. The smallest absolute Gasteiger partial charge is 0.126 e. The van der Waals surface area contributed by atoms with Crippen molar-refractivity contribution in [2.24, 2.45) is 5.92 Å². The molecule has 0 amide bonds. The van der Waals surface area contributed by atoms with Gasteiger partial charge >= 0.3 is 0 Å². The number of aliphatic hydroxyl groups is 1. The number of nitrogens with one attached hydrogen (secondary N) is 1. The van der Waals surface area contributed by atoms with Gasteiger partial charge in [0.15, 0.2) is 0 Å². The van der Waals surface area contributed by atoms with E-state index in [9.17, 15) is 9.50 Å². The van der Waals surface area contributed by atoms with Gasteiger partial charge < -0.3 is 10.4 Å². The van der Waals surface area contributed by atoms with E-state index >= 15 is 0 Å². The molecule has 1 aliphatic carbocycles. The second-order valence-corrected chi connectivity index (χ2v) is 4.46. The molecule has 2 N–H and O–H groups in total. The summed E-state index contributed by atoms with van der Waals surface area (Å²) in [5.41, 5.74) is 0.929. The van der Waals surface area contributed by atoms with E-state index in [1.54, 1.807) is 6.07 Å². The zero-order chi connectivity index (χ0) is 12.3. The van der Waals surface area contributed by atoms with Crippen LogP contribution in [-0.2, 0) is 0 Å². The molecule has 0 aliphatic heterocycles. The Morgan fingerprint density at radius 3 is 2.94 bits per heavy atom. The van der Waals surface area contributed by atoms with Crippen LogP contribution in [0.5, 0.6) is 0 Å². The monoisotopic (exact) mass is 234 g/mol. The highest BCUT2D eigenvalue weighted by molar-refractivity contribution is 5.50. The van der Waals surface area contributed by atoms with Crippen molar-refractivity contribution < 1.29 is 9.50 Å². The van der Waals surface area contributed by atoms with Crippen LogP contribution < -0.4 is 5.32 Å². The molecule has 0 bridgehead atoms. The Kier molecular flexibility index (Phi) is 3.60. The largest absolute Gasteiger partial charge is 0.396 e. The Morgan fingerprint density at radius 2 is 2.24 bits per heavy atom. The van der Waals surface area contributed by atoms with Crippen LogP contribution in [0.4, 0.5) is 10.1 Å². The molecule has 2 atom stereocenters. The first kappa shape index (κ1) is 11.9. The lowest BCUT2D eigenvalue weighted by atomic mass is 10.0. The summed E-state index contributed by atoms with van der Waals surface area (Å²) >= 11 is 0. The quantitative estimate of drug-likeness (QED) is 0.843. The van der Waals surface area contributed by atoms with E-state index < -0.39 is 5.82 Å². The SMILES string of the molecule is N#Cc1cc(F)cc(NC2CCCC2CO)c1. The molecule has 2 rings (SSSR count). The van der Waals surface area contributed by atoms with Gasteiger partial charge in [0.1, 0.15) is 5.82 Å². The molecular formula is C13H15FN2O. The molecule has 0 aromatic heterocycles. The molecule has 2 unspecified atom stereocenters. The van der Waals surface area contributed by atoms with Crippen LogP contribution in [0.1, 0.15) is 24.8 Å². The van der Waals surface area contributed by atoms with Gasteiger partial charge in [-0.3, -0.25) is 0 Å². The normalized spacial score (nSPS) is 23.4. The number of hydrogen-bond donors (Lipinski definition) is 2. The van der Waals surface area contributed by atoms with E-state index in [1.807, 2.05) is 6.07 Å². The molecule has 90 valence electrons. The van der Waals surface area contributed by atoms with Crippen molar-refractivity contribution in [1.82, 2.24) is 0 Å². The van der Waals surface area contributed by atoms with Gasteiger partial charge in [0.05, 0.1) is 11.6 Å². The van der Waals surface area contributed by atoms with Crippen molar-refractivity contribution in [1.29, 1.82) is 5.26 Å². The van der Waals surface area contributed by atoms with E-state index in [4.69, 9.17) is 5.26 Å². The standard InChI is InChI=1S/C13H15FN2O/c14-11-4-9(7-15)5-12(6-11)16-13-3-1-2-10(13)8-17/h4-6,10,13,16-17H,1-3,8H2. The molecule has 1 aromatic carbocycles. The third kappa shape index (κ3) is 2.75. The third-order valence-electron chi connectivity index (χ3n) is 3.27. The average molecular weight is 234 g/mol. The Balaban J connectivity index is 2.13. The van der Waals surface area contributed by atoms with E-state index in [0.717, 1.165) is 19.3 Å². The maximum absolute atomic E-state index is 13.2. The zero-order valence-corrected chi connectivity index (χ0v) is 9.49. The van der Waals surface area contributed by atoms with Crippen LogP contribution >= 0.6 is 0 Å². The molecule has 0 heterocycles. The minimum Gasteiger partial charge on any atom is -0.396 e. The molecule has 17 heavy (non-hydrogen) atoms.